The summed E-state index contributed by atoms with van der Waals surface area (Å²) in [4.78, 5) is 29.5. The fourth-order valence-electron chi connectivity index (χ4n) is 5.73. The summed E-state index contributed by atoms with van der Waals surface area (Å²) in [5.41, 5.74) is 1.90. The molecule has 34 heavy (non-hydrogen) atoms. The molecule has 182 valence electrons. The first-order chi connectivity index (χ1) is 16.7. The summed E-state index contributed by atoms with van der Waals surface area (Å²) in [7, 11) is 0. The highest BCUT2D eigenvalue weighted by Gasteiger charge is 2.33. The van der Waals surface area contributed by atoms with Gasteiger partial charge in [-0.05, 0) is 56.7 Å². The van der Waals surface area contributed by atoms with E-state index in [9.17, 15) is 4.79 Å². The Morgan fingerprint density at radius 2 is 1.76 bits per heavy atom. The standard InChI is InChI=1S/C27H38N6O/c1-21-9-4-5-11-24(21)26(34)33-17-8-10-23(20-33)32-18-13-22(19-32)29-27-28-14-12-25(30-27)31-15-6-2-3-7-16-31/h4-5,9,11-12,14,22-23H,2-3,6-8,10,13,15-20H2,1H3,(H,28,29,30). The number of benzene rings is 1. The number of aromatic nitrogens is 2. The molecule has 5 rings (SSSR count). The second kappa shape index (κ2) is 10.7. The first kappa shape index (κ1) is 23.1. The SMILES string of the molecule is Cc1ccccc1C(=O)N1CCCC(N2CCC(Nc3nccc(N4CCCCCC4)n3)C2)C1. The zero-order chi connectivity index (χ0) is 23.3. The predicted molar refractivity (Wildman–Crippen MR) is 136 cm³/mol. The van der Waals surface area contributed by atoms with Crippen molar-refractivity contribution in [1.82, 2.24) is 19.8 Å². The van der Waals surface area contributed by atoms with Crippen molar-refractivity contribution in [3.8, 4) is 0 Å². The molecule has 2 unspecified atom stereocenters. The molecule has 7 nitrogen and oxygen atoms in total. The molecular weight excluding hydrogens is 424 g/mol. The van der Waals surface area contributed by atoms with Gasteiger partial charge >= 0.3 is 0 Å². The lowest BCUT2D eigenvalue weighted by Crippen LogP contribution is -2.49. The Bertz CT molecular complexity index is 973. The van der Waals surface area contributed by atoms with Crippen LogP contribution in [0.3, 0.4) is 0 Å². The van der Waals surface area contributed by atoms with E-state index < -0.39 is 0 Å². The number of carbonyl (C=O) groups excluding carboxylic acids is 1. The molecule has 0 saturated carbocycles. The molecule has 3 aliphatic heterocycles. The molecule has 2 atom stereocenters. The number of piperidine rings is 1. The maximum Gasteiger partial charge on any atom is 0.254 e. The van der Waals surface area contributed by atoms with E-state index in [2.05, 4.69) is 25.0 Å². The van der Waals surface area contributed by atoms with E-state index >= 15 is 0 Å². The molecule has 2 aromatic rings. The van der Waals surface area contributed by atoms with E-state index in [0.717, 1.165) is 81.4 Å². The van der Waals surface area contributed by atoms with Gasteiger partial charge in [-0.25, -0.2) is 4.98 Å². The molecule has 4 heterocycles. The van der Waals surface area contributed by atoms with Gasteiger partial charge in [0.1, 0.15) is 5.82 Å². The van der Waals surface area contributed by atoms with Crippen molar-refractivity contribution in [2.24, 2.45) is 0 Å². The van der Waals surface area contributed by atoms with Crippen LogP contribution in [-0.2, 0) is 0 Å². The van der Waals surface area contributed by atoms with E-state index in [1.807, 2.05) is 43.5 Å². The van der Waals surface area contributed by atoms with Crippen LogP contribution in [0, 0.1) is 6.92 Å². The van der Waals surface area contributed by atoms with Crippen molar-refractivity contribution in [3.63, 3.8) is 0 Å². The molecule has 1 aromatic carbocycles. The summed E-state index contributed by atoms with van der Waals surface area (Å²) in [6, 6.07) is 10.8. The number of amides is 1. The number of aryl methyl sites for hydroxylation is 1. The number of nitrogens with one attached hydrogen (secondary N) is 1. The molecule has 1 amide bonds. The van der Waals surface area contributed by atoms with E-state index in [1.54, 1.807) is 0 Å². The van der Waals surface area contributed by atoms with Gasteiger partial charge in [-0.1, -0.05) is 31.0 Å². The van der Waals surface area contributed by atoms with Crippen molar-refractivity contribution < 1.29 is 4.79 Å². The zero-order valence-electron chi connectivity index (χ0n) is 20.5. The molecule has 1 aromatic heterocycles. The minimum Gasteiger partial charge on any atom is -0.356 e. The molecule has 3 fully saturated rings. The van der Waals surface area contributed by atoms with Crippen molar-refractivity contribution >= 4 is 17.7 Å². The van der Waals surface area contributed by atoms with Crippen molar-refractivity contribution in [3.05, 3.63) is 47.7 Å². The molecular formula is C27H38N6O. The fraction of sp³-hybridized carbons (Fsp3) is 0.593. The van der Waals surface area contributed by atoms with Gasteiger partial charge in [0.2, 0.25) is 5.95 Å². The number of rotatable bonds is 5. The van der Waals surface area contributed by atoms with Crippen LogP contribution in [0.25, 0.3) is 0 Å². The summed E-state index contributed by atoms with van der Waals surface area (Å²) >= 11 is 0. The van der Waals surface area contributed by atoms with Crippen LogP contribution in [-0.4, -0.2) is 77.0 Å². The summed E-state index contributed by atoms with van der Waals surface area (Å²) < 4.78 is 0. The lowest BCUT2D eigenvalue weighted by Gasteiger charge is -2.38. The van der Waals surface area contributed by atoms with Crippen molar-refractivity contribution in [1.29, 1.82) is 0 Å². The third-order valence-corrected chi connectivity index (χ3v) is 7.70. The largest absolute Gasteiger partial charge is 0.356 e. The summed E-state index contributed by atoms with van der Waals surface area (Å²) in [5.74, 6) is 1.97. The van der Waals surface area contributed by atoms with Crippen molar-refractivity contribution in [2.75, 3.05) is 49.5 Å². The zero-order valence-corrected chi connectivity index (χ0v) is 20.5. The van der Waals surface area contributed by atoms with Gasteiger partial charge < -0.3 is 15.1 Å². The van der Waals surface area contributed by atoms with Gasteiger partial charge in [-0.15, -0.1) is 0 Å². The first-order valence-electron chi connectivity index (χ1n) is 13.1. The van der Waals surface area contributed by atoms with Crippen LogP contribution in [0.15, 0.2) is 36.5 Å². The van der Waals surface area contributed by atoms with Gasteiger partial charge in [0.25, 0.3) is 5.91 Å². The third kappa shape index (κ3) is 5.35. The first-order valence-corrected chi connectivity index (χ1v) is 13.1. The summed E-state index contributed by atoms with van der Waals surface area (Å²) in [6.07, 6.45) is 10.3. The van der Waals surface area contributed by atoms with Gasteiger partial charge in [-0.2, -0.15) is 4.98 Å². The fourth-order valence-corrected chi connectivity index (χ4v) is 5.73. The Labute approximate surface area is 203 Å². The molecule has 3 saturated heterocycles. The molecule has 0 radical (unpaired) electrons. The lowest BCUT2D eigenvalue weighted by molar-refractivity contribution is 0.0606. The second-order valence-electron chi connectivity index (χ2n) is 10.1. The maximum absolute atomic E-state index is 13.1. The van der Waals surface area contributed by atoms with Crippen LogP contribution >= 0.6 is 0 Å². The lowest BCUT2D eigenvalue weighted by atomic mass is 10.0. The number of nitrogens with zero attached hydrogens (tertiary/aromatic N) is 5. The van der Waals surface area contributed by atoms with E-state index in [-0.39, 0.29) is 5.91 Å². The van der Waals surface area contributed by atoms with Gasteiger partial charge in [-0.3, -0.25) is 9.69 Å². The normalized spacial score (nSPS) is 24.1. The highest BCUT2D eigenvalue weighted by atomic mass is 16.2. The van der Waals surface area contributed by atoms with Crippen LogP contribution in [0.4, 0.5) is 11.8 Å². The Balaban J connectivity index is 1.17. The van der Waals surface area contributed by atoms with E-state index in [1.165, 1.54) is 25.7 Å². The molecule has 1 N–H and O–H groups in total. The quantitative estimate of drug-likeness (QED) is 0.726. The topological polar surface area (TPSA) is 64.6 Å². The van der Waals surface area contributed by atoms with Crippen LogP contribution < -0.4 is 10.2 Å². The highest BCUT2D eigenvalue weighted by Crippen LogP contribution is 2.24. The van der Waals surface area contributed by atoms with Crippen LogP contribution in [0.5, 0.6) is 0 Å². The van der Waals surface area contributed by atoms with E-state index in [0.29, 0.717) is 12.1 Å². The van der Waals surface area contributed by atoms with E-state index in [4.69, 9.17) is 4.98 Å². The number of hydrogen-bond donors (Lipinski definition) is 1. The Morgan fingerprint density at radius 3 is 2.59 bits per heavy atom. The van der Waals surface area contributed by atoms with Gasteiger partial charge in [0, 0.05) is 63.1 Å². The average molecular weight is 463 g/mol. The number of hydrogen-bond acceptors (Lipinski definition) is 6. The number of anilines is 2. The molecule has 0 bridgehead atoms. The Hall–Kier alpha value is -2.67. The Morgan fingerprint density at radius 1 is 0.941 bits per heavy atom. The number of likely N-dealkylation sites (tertiary alicyclic amines) is 2. The van der Waals surface area contributed by atoms with Crippen LogP contribution in [0.2, 0.25) is 0 Å². The minimum absolute atomic E-state index is 0.176. The van der Waals surface area contributed by atoms with Crippen LogP contribution in [0.1, 0.15) is 60.9 Å². The highest BCUT2D eigenvalue weighted by molar-refractivity contribution is 5.95. The molecule has 0 spiro atoms. The summed E-state index contributed by atoms with van der Waals surface area (Å²) in [5, 5.41) is 3.60. The Kier molecular flexibility index (Phi) is 7.28. The second-order valence-corrected chi connectivity index (χ2v) is 10.1. The molecule has 0 aliphatic carbocycles. The maximum atomic E-state index is 13.1. The van der Waals surface area contributed by atoms with Gasteiger partial charge in [0.05, 0.1) is 0 Å². The number of carbonyl (C=O) groups is 1. The third-order valence-electron chi connectivity index (χ3n) is 7.70. The monoisotopic (exact) mass is 462 g/mol. The predicted octanol–water partition coefficient (Wildman–Crippen LogP) is 3.96. The minimum atomic E-state index is 0.176. The summed E-state index contributed by atoms with van der Waals surface area (Å²) in [6.45, 7) is 7.92. The van der Waals surface area contributed by atoms with Gasteiger partial charge in [0.15, 0.2) is 0 Å². The smallest absolute Gasteiger partial charge is 0.254 e. The molecule has 7 heteroatoms. The van der Waals surface area contributed by atoms with Crippen molar-refractivity contribution in [2.45, 2.75) is 64.0 Å². The molecule has 3 aliphatic rings. The average Bonchev–Trinajstić information content (AvgIpc) is 3.16.